The van der Waals surface area contributed by atoms with E-state index in [1.807, 2.05) is 30.0 Å². The van der Waals surface area contributed by atoms with Crippen LogP contribution >= 0.6 is 11.9 Å². The molecule has 0 amide bonds. The Kier molecular flexibility index (Phi) is 6.40. The van der Waals surface area contributed by atoms with Gasteiger partial charge in [0.15, 0.2) is 0 Å². The van der Waals surface area contributed by atoms with Crippen LogP contribution in [0.4, 0.5) is 23.2 Å². The van der Waals surface area contributed by atoms with E-state index in [1.165, 1.54) is 6.07 Å². The second kappa shape index (κ2) is 8.94. The predicted octanol–water partition coefficient (Wildman–Crippen LogP) is 5.57. The SMILES string of the molecule is CCC1CN(c2ccc(C(F)(F)F)c(F)c2)CCN1Sc1ccc2c(c1)C(C(=O)O)CC2. The Morgan fingerprint density at radius 3 is 2.62 bits per heavy atom. The molecule has 0 saturated carbocycles. The number of hydrogen-bond acceptors (Lipinski definition) is 4. The van der Waals surface area contributed by atoms with Gasteiger partial charge in [0.25, 0.3) is 0 Å². The third kappa shape index (κ3) is 4.59. The van der Waals surface area contributed by atoms with Crippen molar-refractivity contribution in [3.05, 3.63) is 58.9 Å². The Hall–Kier alpha value is -2.26. The molecule has 1 saturated heterocycles. The molecule has 2 atom stereocenters. The zero-order chi connectivity index (χ0) is 23.0. The van der Waals surface area contributed by atoms with Crippen molar-refractivity contribution in [2.45, 2.75) is 49.2 Å². The van der Waals surface area contributed by atoms with Crippen molar-refractivity contribution in [3.63, 3.8) is 0 Å². The molecule has 32 heavy (non-hydrogen) atoms. The monoisotopic (exact) mass is 468 g/mol. The molecule has 4 nitrogen and oxygen atoms in total. The second-order valence-corrected chi connectivity index (χ2v) is 9.32. The summed E-state index contributed by atoms with van der Waals surface area (Å²) >= 11 is 1.57. The first kappa shape index (κ1) is 22.9. The minimum Gasteiger partial charge on any atom is -0.481 e. The summed E-state index contributed by atoms with van der Waals surface area (Å²) in [7, 11) is 0. The normalized spacial score (nSPS) is 21.6. The molecule has 2 aromatic carbocycles. The molecule has 1 aliphatic heterocycles. The fourth-order valence-electron chi connectivity index (χ4n) is 4.49. The first-order valence-electron chi connectivity index (χ1n) is 10.6. The van der Waals surface area contributed by atoms with Crippen molar-refractivity contribution < 1.29 is 27.5 Å². The van der Waals surface area contributed by atoms with Gasteiger partial charge in [-0.3, -0.25) is 4.79 Å². The van der Waals surface area contributed by atoms with Crippen LogP contribution in [0.3, 0.4) is 0 Å². The number of aryl methyl sites for hydroxylation is 1. The number of anilines is 1. The van der Waals surface area contributed by atoms with E-state index >= 15 is 0 Å². The van der Waals surface area contributed by atoms with Gasteiger partial charge in [0.2, 0.25) is 0 Å². The lowest BCUT2D eigenvalue weighted by Gasteiger charge is -2.41. The largest absolute Gasteiger partial charge is 0.481 e. The van der Waals surface area contributed by atoms with Crippen LogP contribution in [-0.2, 0) is 17.4 Å². The second-order valence-electron chi connectivity index (χ2n) is 8.19. The Bertz CT molecular complexity index is 1010. The van der Waals surface area contributed by atoms with Gasteiger partial charge in [0, 0.05) is 36.3 Å². The number of benzene rings is 2. The van der Waals surface area contributed by atoms with E-state index in [2.05, 4.69) is 4.31 Å². The minimum absolute atomic E-state index is 0.114. The van der Waals surface area contributed by atoms with Crippen LogP contribution in [0, 0.1) is 5.82 Å². The molecule has 0 spiro atoms. The van der Waals surface area contributed by atoms with Crippen molar-refractivity contribution in [3.8, 4) is 0 Å². The van der Waals surface area contributed by atoms with Gasteiger partial charge < -0.3 is 10.0 Å². The van der Waals surface area contributed by atoms with E-state index in [0.717, 1.165) is 41.0 Å². The quantitative estimate of drug-likeness (QED) is 0.459. The molecule has 0 bridgehead atoms. The molecule has 1 N–H and O–H groups in total. The van der Waals surface area contributed by atoms with Crippen molar-refractivity contribution in [2.24, 2.45) is 0 Å². The molecule has 4 rings (SSSR count). The Labute approximate surface area is 188 Å². The number of carboxylic acid groups (broad SMARTS) is 1. The highest BCUT2D eigenvalue weighted by Crippen LogP contribution is 2.38. The standard InChI is InChI=1S/C23H24F4N2O2S/c1-2-15-13-28(16-5-8-20(21(24)11-16)23(25,26)27)9-10-29(15)32-17-6-3-14-4-7-18(22(30)31)19(14)12-17/h3,5-6,8,11-12,15,18H,2,4,7,9-10,13H2,1H3,(H,30,31). The van der Waals surface area contributed by atoms with Crippen molar-refractivity contribution >= 4 is 23.6 Å². The first-order chi connectivity index (χ1) is 15.2. The lowest BCUT2D eigenvalue weighted by molar-refractivity contribution is -0.140. The topological polar surface area (TPSA) is 43.8 Å². The number of aliphatic carboxylic acids is 1. The molecular formula is C23H24F4N2O2S. The highest BCUT2D eigenvalue weighted by molar-refractivity contribution is 7.97. The molecule has 1 heterocycles. The van der Waals surface area contributed by atoms with E-state index in [1.54, 1.807) is 11.9 Å². The molecule has 1 fully saturated rings. The number of halogens is 4. The maximum Gasteiger partial charge on any atom is 0.419 e. The van der Waals surface area contributed by atoms with Gasteiger partial charge in [-0.05, 0) is 72.7 Å². The summed E-state index contributed by atoms with van der Waals surface area (Å²) < 4.78 is 54.8. The number of piperazine rings is 1. The zero-order valence-electron chi connectivity index (χ0n) is 17.5. The van der Waals surface area contributed by atoms with Crippen molar-refractivity contribution in [1.29, 1.82) is 0 Å². The number of carboxylic acids is 1. The van der Waals surface area contributed by atoms with Gasteiger partial charge in [0.1, 0.15) is 5.82 Å². The van der Waals surface area contributed by atoms with E-state index < -0.39 is 29.4 Å². The smallest absolute Gasteiger partial charge is 0.419 e. The van der Waals surface area contributed by atoms with E-state index in [9.17, 15) is 27.5 Å². The molecule has 2 unspecified atom stereocenters. The molecule has 1 aliphatic carbocycles. The van der Waals surface area contributed by atoms with Crippen molar-refractivity contribution in [1.82, 2.24) is 4.31 Å². The summed E-state index contributed by atoms with van der Waals surface area (Å²) in [6.45, 7) is 3.80. The molecule has 172 valence electrons. The van der Waals surface area contributed by atoms with Crippen LogP contribution < -0.4 is 4.90 Å². The first-order valence-corrected chi connectivity index (χ1v) is 11.4. The summed E-state index contributed by atoms with van der Waals surface area (Å²) in [6.07, 6.45) is -2.50. The number of hydrogen-bond donors (Lipinski definition) is 1. The summed E-state index contributed by atoms with van der Waals surface area (Å²) in [5.41, 5.74) is 1.16. The third-order valence-electron chi connectivity index (χ3n) is 6.24. The van der Waals surface area contributed by atoms with E-state index in [4.69, 9.17) is 0 Å². The average Bonchev–Trinajstić information content (AvgIpc) is 3.16. The third-order valence-corrected chi connectivity index (χ3v) is 7.42. The van der Waals surface area contributed by atoms with Crippen LogP contribution in [0.1, 0.15) is 42.4 Å². The Morgan fingerprint density at radius 2 is 1.97 bits per heavy atom. The lowest BCUT2D eigenvalue weighted by Crippen LogP contribution is -2.50. The molecule has 0 radical (unpaired) electrons. The van der Waals surface area contributed by atoms with Gasteiger partial charge in [-0.15, -0.1) is 0 Å². The summed E-state index contributed by atoms with van der Waals surface area (Å²) in [5.74, 6) is -2.51. The van der Waals surface area contributed by atoms with Crippen molar-refractivity contribution in [2.75, 3.05) is 24.5 Å². The number of alkyl halides is 3. The highest BCUT2D eigenvalue weighted by Gasteiger charge is 2.35. The molecule has 9 heteroatoms. The van der Waals surface area contributed by atoms with Gasteiger partial charge in [0.05, 0.1) is 11.5 Å². The molecule has 0 aromatic heterocycles. The van der Waals surface area contributed by atoms with E-state index in [-0.39, 0.29) is 6.04 Å². The van der Waals surface area contributed by atoms with Gasteiger partial charge in [-0.1, -0.05) is 13.0 Å². The van der Waals surface area contributed by atoms with Crippen LogP contribution in [0.15, 0.2) is 41.3 Å². The molecule has 2 aliphatic rings. The maximum atomic E-state index is 14.0. The fourth-order valence-corrected chi connectivity index (χ4v) is 5.60. The number of carbonyl (C=O) groups is 1. The van der Waals surface area contributed by atoms with Crippen LogP contribution in [0.5, 0.6) is 0 Å². The fraction of sp³-hybridized carbons (Fsp3) is 0.435. The number of nitrogens with zero attached hydrogens (tertiary/aromatic N) is 2. The van der Waals surface area contributed by atoms with Crippen LogP contribution in [0.25, 0.3) is 0 Å². The van der Waals surface area contributed by atoms with Gasteiger partial charge >= 0.3 is 12.1 Å². The average molecular weight is 469 g/mol. The number of fused-ring (bicyclic) bond motifs is 1. The lowest BCUT2D eigenvalue weighted by atomic mass is 10.0. The Balaban J connectivity index is 1.47. The summed E-state index contributed by atoms with van der Waals surface area (Å²) in [6, 6.07) is 9.19. The Morgan fingerprint density at radius 1 is 1.19 bits per heavy atom. The van der Waals surface area contributed by atoms with E-state index in [0.29, 0.717) is 31.7 Å². The highest BCUT2D eigenvalue weighted by atomic mass is 32.2. The summed E-state index contributed by atoms with van der Waals surface area (Å²) in [4.78, 5) is 14.4. The van der Waals surface area contributed by atoms with Crippen LogP contribution in [0.2, 0.25) is 0 Å². The van der Waals surface area contributed by atoms with Gasteiger partial charge in [-0.2, -0.15) is 13.2 Å². The molecular weight excluding hydrogens is 444 g/mol. The zero-order valence-corrected chi connectivity index (χ0v) is 18.3. The maximum absolute atomic E-state index is 14.0. The molecule has 2 aromatic rings. The van der Waals surface area contributed by atoms with Gasteiger partial charge in [-0.25, -0.2) is 8.70 Å². The van der Waals surface area contributed by atoms with Crippen LogP contribution in [-0.4, -0.2) is 41.1 Å². The summed E-state index contributed by atoms with van der Waals surface area (Å²) in [5, 5.41) is 9.46. The number of rotatable bonds is 5. The minimum atomic E-state index is -4.71. The predicted molar refractivity (Wildman–Crippen MR) is 115 cm³/mol.